The average molecular weight is 332 g/mol. The highest BCUT2D eigenvalue weighted by molar-refractivity contribution is 7.21. The van der Waals surface area contributed by atoms with Crippen molar-refractivity contribution in [2.75, 3.05) is 12.3 Å². The number of halogens is 1. The molecule has 1 heterocycles. The molecular formula is C16H17FN4OS. The number of aromatic nitrogens is 1. The van der Waals surface area contributed by atoms with Gasteiger partial charge in [0.05, 0.1) is 16.8 Å². The minimum Gasteiger partial charge on any atom is -0.399 e. The molecule has 0 spiro atoms. The fourth-order valence-corrected chi connectivity index (χ4v) is 2.78. The van der Waals surface area contributed by atoms with Crippen molar-refractivity contribution in [3.63, 3.8) is 0 Å². The number of nitrogen functional groups attached to an aromatic ring is 1. The Bertz CT molecular complexity index is 847. The topological polar surface area (TPSA) is 108 Å². The van der Waals surface area contributed by atoms with Crippen molar-refractivity contribution in [2.24, 2.45) is 11.5 Å². The molecule has 1 aromatic heterocycles. The Hall–Kier alpha value is -2.51. The van der Waals surface area contributed by atoms with Crippen molar-refractivity contribution in [1.82, 2.24) is 4.98 Å². The molecule has 2 aromatic carbocycles. The number of amides is 1. The third kappa shape index (κ3) is 4.24. The molecule has 3 aromatic rings. The molecule has 0 radical (unpaired) electrons. The Balaban J connectivity index is 0.000000338. The maximum absolute atomic E-state index is 13.1. The molecule has 0 saturated carbocycles. The van der Waals surface area contributed by atoms with Crippen molar-refractivity contribution in [2.45, 2.75) is 6.92 Å². The van der Waals surface area contributed by atoms with Crippen LogP contribution in [0.1, 0.15) is 5.56 Å². The van der Waals surface area contributed by atoms with Gasteiger partial charge in [0.2, 0.25) is 5.91 Å². The van der Waals surface area contributed by atoms with E-state index in [0.717, 1.165) is 26.5 Å². The molecule has 3 rings (SSSR count). The van der Waals surface area contributed by atoms with Gasteiger partial charge in [-0.1, -0.05) is 0 Å². The van der Waals surface area contributed by atoms with Gasteiger partial charge in [0, 0.05) is 17.3 Å². The Morgan fingerprint density at radius 1 is 1.26 bits per heavy atom. The molecule has 0 aliphatic carbocycles. The molecule has 0 bridgehead atoms. The molecule has 0 aliphatic heterocycles. The second-order valence-corrected chi connectivity index (χ2v) is 5.90. The van der Waals surface area contributed by atoms with E-state index < -0.39 is 5.91 Å². The van der Waals surface area contributed by atoms with Crippen LogP contribution in [0.5, 0.6) is 0 Å². The van der Waals surface area contributed by atoms with E-state index in [4.69, 9.17) is 11.5 Å². The van der Waals surface area contributed by atoms with Gasteiger partial charge in [0.25, 0.3) is 0 Å². The smallest absolute Gasteiger partial charge is 0.231 e. The third-order valence-electron chi connectivity index (χ3n) is 3.07. The Labute approximate surface area is 136 Å². The number of thiazole rings is 1. The van der Waals surface area contributed by atoms with Crippen LogP contribution in [-0.4, -0.2) is 17.4 Å². The molecule has 0 atom stereocenters. The number of nitrogens with zero attached hydrogens (tertiary/aromatic N) is 1. The first kappa shape index (κ1) is 16.9. The first-order valence-corrected chi connectivity index (χ1v) is 7.63. The fraction of sp³-hybridized carbons (Fsp3) is 0.125. The summed E-state index contributed by atoms with van der Waals surface area (Å²) in [7, 11) is 0. The highest BCUT2D eigenvalue weighted by Crippen LogP contribution is 2.31. The highest BCUT2D eigenvalue weighted by Gasteiger charge is 2.07. The lowest BCUT2D eigenvalue weighted by Crippen LogP contribution is -2.21. The van der Waals surface area contributed by atoms with E-state index in [-0.39, 0.29) is 12.4 Å². The van der Waals surface area contributed by atoms with Crippen molar-refractivity contribution >= 4 is 33.1 Å². The van der Waals surface area contributed by atoms with Gasteiger partial charge in [-0.25, -0.2) is 9.37 Å². The molecule has 5 nitrogen and oxygen atoms in total. The van der Waals surface area contributed by atoms with E-state index in [1.54, 1.807) is 17.4 Å². The zero-order chi connectivity index (χ0) is 17.0. The van der Waals surface area contributed by atoms with Crippen LogP contribution >= 0.6 is 11.3 Å². The minimum atomic E-state index is -0.468. The highest BCUT2D eigenvalue weighted by atomic mass is 32.1. The summed E-state index contributed by atoms with van der Waals surface area (Å²) >= 11 is 1.56. The number of carbonyl (C=O) groups is 1. The van der Waals surface area contributed by atoms with E-state index in [9.17, 15) is 9.18 Å². The summed E-state index contributed by atoms with van der Waals surface area (Å²) in [5.41, 5.74) is 18.5. The number of aryl methyl sites for hydroxylation is 1. The molecule has 120 valence electrons. The summed E-state index contributed by atoms with van der Waals surface area (Å²) < 4.78 is 14.1. The molecule has 23 heavy (non-hydrogen) atoms. The van der Waals surface area contributed by atoms with Crippen molar-refractivity contribution < 1.29 is 9.18 Å². The van der Waals surface area contributed by atoms with Gasteiger partial charge in [-0.2, -0.15) is 0 Å². The van der Waals surface area contributed by atoms with Crippen LogP contribution in [-0.2, 0) is 4.79 Å². The molecule has 1 amide bonds. The molecule has 0 fully saturated rings. The van der Waals surface area contributed by atoms with Gasteiger partial charge in [0.1, 0.15) is 10.8 Å². The number of hydrogen-bond donors (Lipinski definition) is 3. The summed E-state index contributed by atoms with van der Waals surface area (Å²) in [6.07, 6.45) is 0. The van der Waals surface area contributed by atoms with Crippen LogP contribution in [0.2, 0.25) is 0 Å². The summed E-state index contributed by atoms with van der Waals surface area (Å²) in [5, 5.41) is 0.888. The summed E-state index contributed by atoms with van der Waals surface area (Å²) in [4.78, 5) is 13.9. The van der Waals surface area contributed by atoms with E-state index in [2.05, 4.69) is 10.7 Å². The number of anilines is 1. The van der Waals surface area contributed by atoms with Crippen LogP contribution in [0.25, 0.3) is 20.8 Å². The largest absolute Gasteiger partial charge is 0.399 e. The van der Waals surface area contributed by atoms with Gasteiger partial charge in [-0.05, 0) is 42.8 Å². The van der Waals surface area contributed by atoms with E-state index in [0.29, 0.717) is 5.52 Å². The number of fused-ring (bicyclic) bond motifs is 1. The Morgan fingerprint density at radius 2 is 1.96 bits per heavy atom. The lowest BCUT2D eigenvalue weighted by atomic mass is 10.1. The maximum Gasteiger partial charge on any atom is 0.231 e. The molecule has 0 saturated heterocycles. The molecule has 7 heteroatoms. The lowest BCUT2D eigenvalue weighted by molar-refractivity contribution is -0.116. The molecule has 0 aliphatic rings. The Kier molecular flexibility index (Phi) is 5.25. The van der Waals surface area contributed by atoms with Gasteiger partial charge in [-0.15, -0.1) is 11.3 Å². The van der Waals surface area contributed by atoms with Gasteiger partial charge in [0.15, 0.2) is 0 Å². The van der Waals surface area contributed by atoms with Crippen LogP contribution in [0.4, 0.5) is 10.1 Å². The predicted octanol–water partition coefficient (Wildman–Crippen LogP) is 2.42. The first-order chi connectivity index (χ1) is 10.9. The maximum atomic E-state index is 13.1. The van der Waals surface area contributed by atoms with Gasteiger partial charge < -0.3 is 17.2 Å². The van der Waals surface area contributed by atoms with Crippen molar-refractivity contribution in [1.29, 1.82) is 0 Å². The monoisotopic (exact) mass is 332 g/mol. The average Bonchev–Trinajstić information content (AvgIpc) is 2.93. The van der Waals surface area contributed by atoms with Gasteiger partial charge in [-0.3, -0.25) is 4.79 Å². The van der Waals surface area contributed by atoms with Crippen molar-refractivity contribution in [3.8, 4) is 10.6 Å². The van der Waals surface area contributed by atoms with Crippen LogP contribution in [0, 0.1) is 12.7 Å². The lowest BCUT2D eigenvalue weighted by Gasteiger charge is -2.01. The number of benzene rings is 2. The summed E-state index contributed by atoms with van der Waals surface area (Å²) in [5.74, 6) is -0.724. The Morgan fingerprint density at radius 3 is 2.57 bits per heavy atom. The number of primary amides is 1. The van der Waals surface area contributed by atoms with Crippen LogP contribution in [0.15, 0.2) is 36.4 Å². The number of rotatable bonds is 2. The minimum absolute atomic E-state index is 0.0556. The SMILES string of the molecule is Cc1cc(-c2nc3cc(F)ccc3s2)ccc1N.NCC(N)=O. The van der Waals surface area contributed by atoms with Crippen molar-refractivity contribution in [3.05, 3.63) is 47.8 Å². The second-order valence-electron chi connectivity index (χ2n) is 4.87. The second kappa shape index (κ2) is 7.17. The van der Waals surface area contributed by atoms with E-state index in [1.165, 1.54) is 12.1 Å². The van der Waals surface area contributed by atoms with Gasteiger partial charge >= 0.3 is 0 Å². The van der Waals surface area contributed by atoms with Crippen LogP contribution in [0.3, 0.4) is 0 Å². The number of carbonyl (C=O) groups excluding carboxylic acids is 1. The predicted molar refractivity (Wildman–Crippen MR) is 92.4 cm³/mol. The summed E-state index contributed by atoms with van der Waals surface area (Å²) in [6, 6.07) is 10.5. The first-order valence-electron chi connectivity index (χ1n) is 6.81. The normalized spacial score (nSPS) is 10.2. The van der Waals surface area contributed by atoms with E-state index >= 15 is 0 Å². The quantitative estimate of drug-likeness (QED) is 0.626. The molecular weight excluding hydrogens is 315 g/mol. The molecule has 6 N–H and O–H groups in total. The molecule has 0 unspecified atom stereocenters. The number of hydrogen-bond acceptors (Lipinski definition) is 5. The standard InChI is InChI=1S/C14H11FN2S.C2H6N2O/c1-8-6-9(2-4-11(8)16)14-17-12-7-10(15)3-5-13(12)18-14;3-1-2(4)5/h2-7H,16H2,1H3;1,3H2,(H2,4,5). The zero-order valence-corrected chi connectivity index (χ0v) is 13.4. The summed E-state index contributed by atoms with van der Waals surface area (Å²) in [6.45, 7) is 1.91. The van der Waals surface area contributed by atoms with Crippen LogP contribution < -0.4 is 17.2 Å². The third-order valence-corrected chi connectivity index (χ3v) is 4.15. The fourth-order valence-electron chi connectivity index (χ4n) is 1.83. The number of nitrogens with two attached hydrogens (primary N) is 3. The zero-order valence-electron chi connectivity index (χ0n) is 12.5. The van der Waals surface area contributed by atoms with E-state index in [1.807, 2.05) is 25.1 Å².